The molecule has 2 unspecified atom stereocenters. The Morgan fingerprint density at radius 1 is 1.50 bits per heavy atom. The minimum atomic E-state index is -4.52. The third kappa shape index (κ3) is 3.92. The quantitative estimate of drug-likeness (QED) is 0.792. The summed E-state index contributed by atoms with van der Waals surface area (Å²) < 4.78 is 36.3. The average molecular weight is 240 g/mol. The van der Waals surface area contributed by atoms with Crippen molar-refractivity contribution in [1.29, 1.82) is 0 Å². The van der Waals surface area contributed by atoms with E-state index in [0.29, 0.717) is 12.6 Å². The van der Waals surface area contributed by atoms with Crippen LogP contribution < -0.4 is 0 Å². The molecule has 0 aromatic rings. The predicted octanol–water partition coefficient (Wildman–Crippen LogP) is 0.936. The van der Waals surface area contributed by atoms with Crippen LogP contribution in [-0.2, 0) is 0 Å². The summed E-state index contributed by atoms with van der Waals surface area (Å²) >= 11 is 0. The van der Waals surface area contributed by atoms with Crippen molar-refractivity contribution in [3.8, 4) is 0 Å². The van der Waals surface area contributed by atoms with Crippen LogP contribution in [0.3, 0.4) is 0 Å². The van der Waals surface area contributed by atoms with Gasteiger partial charge in [-0.3, -0.25) is 0 Å². The smallest absolute Gasteiger partial charge is 0.382 e. The number of alkyl halides is 3. The number of likely N-dealkylation sites (N-methyl/N-ethyl adjacent to an activating group) is 2. The van der Waals surface area contributed by atoms with Crippen LogP contribution in [0.25, 0.3) is 0 Å². The first-order chi connectivity index (χ1) is 7.30. The molecule has 1 rings (SSSR count). The largest absolute Gasteiger partial charge is 0.415 e. The van der Waals surface area contributed by atoms with E-state index in [4.69, 9.17) is 5.11 Å². The molecule has 0 spiro atoms. The molecule has 0 aromatic carbocycles. The van der Waals surface area contributed by atoms with Crippen LogP contribution in [-0.4, -0.2) is 67.0 Å². The molecule has 2 atom stereocenters. The first-order valence-corrected chi connectivity index (χ1v) is 5.44. The van der Waals surface area contributed by atoms with Crippen molar-refractivity contribution in [2.24, 2.45) is 0 Å². The van der Waals surface area contributed by atoms with Gasteiger partial charge >= 0.3 is 6.18 Å². The van der Waals surface area contributed by atoms with Gasteiger partial charge in [0.1, 0.15) is 0 Å². The van der Waals surface area contributed by atoms with Crippen molar-refractivity contribution in [3.63, 3.8) is 0 Å². The Bertz CT molecular complexity index is 219. The number of aliphatic hydroxyl groups excluding tert-OH is 1. The molecule has 1 aliphatic heterocycles. The van der Waals surface area contributed by atoms with Gasteiger partial charge in [-0.05, 0) is 33.5 Å². The topological polar surface area (TPSA) is 26.7 Å². The van der Waals surface area contributed by atoms with Crippen molar-refractivity contribution < 1.29 is 18.3 Å². The van der Waals surface area contributed by atoms with E-state index in [2.05, 4.69) is 4.90 Å². The van der Waals surface area contributed by atoms with Crippen molar-refractivity contribution in [1.82, 2.24) is 9.80 Å². The van der Waals surface area contributed by atoms with Gasteiger partial charge in [0.25, 0.3) is 0 Å². The Hall–Kier alpha value is -0.330. The van der Waals surface area contributed by atoms with E-state index in [0.717, 1.165) is 19.4 Å². The molecule has 1 N–H and O–H groups in total. The maximum Gasteiger partial charge on any atom is 0.415 e. The molecule has 0 amide bonds. The lowest BCUT2D eigenvalue weighted by Gasteiger charge is -2.27. The fourth-order valence-corrected chi connectivity index (χ4v) is 2.04. The van der Waals surface area contributed by atoms with Gasteiger partial charge in [-0.25, -0.2) is 0 Å². The van der Waals surface area contributed by atoms with Gasteiger partial charge in [0.05, 0.1) is 0 Å². The van der Waals surface area contributed by atoms with Crippen LogP contribution in [0.1, 0.15) is 12.8 Å². The van der Waals surface area contributed by atoms with Crippen molar-refractivity contribution >= 4 is 0 Å². The second kappa shape index (κ2) is 5.33. The van der Waals surface area contributed by atoms with E-state index in [1.807, 2.05) is 7.05 Å². The minimum Gasteiger partial charge on any atom is -0.382 e. The summed E-state index contributed by atoms with van der Waals surface area (Å²) in [6.45, 7) is 1.22. The average Bonchev–Trinajstić information content (AvgIpc) is 2.50. The SMILES string of the molecule is CN(CC1CCCN1C)CC(O)C(F)(F)F. The number of rotatable bonds is 4. The highest BCUT2D eigenvalue weighted by Crippen LogP contribution is 2.21. The monoisotopic (exact) mass is 240 g/mol. The fraction of sp³-hybridized carbons (Fsp3) is 1.00. The Balaban J connectivity index is 2.33. The molecule has 0 aromatic heterocycles. The second-order valence-corrected chi connectivity index (χ2v) is 4.56. The molecular formula is C10H19F3N2O. The molecule has 1 heterocycles. The normalized spacial score (nSPS) is 25.3. The van der Waals surface area contributed by atoms with E-state index in [9.17, 15) is 13.2 Å². The number of hydrogen-bond acceptors (Lipinski definition) is 3. The minimum absolute atomic E-state index is 0.311. The molecule has 3 nitrogen and oxygen atoms in total. The zero-order chi connectivity index (χ0) is 12.3. The van der Waals surface area contributed by atoms with Crippen LogP contribution in [0.15, 0.2) is 0 Å². The maximum absolute atomic E-state index is 12.1. The molecule has 96 valence electrons. The summed E-state index contributed by atoms with van der Waals surface area (Å²) in [5.74, 6) is 0. The van der Waals surface area contributed by atoms with Crippen LogP contribution in [0.4, 0.5) is 13.2 Å². The van der Waals surface area contributed by atoms with Crippen LogP contribution in [0, 0.1) is 0 Å². The zero-order valence-corrected chi connectivity index (χ0v) is 9.67. The molecular weight excluding hydrogens is 221 g/mol. The van der Waals surface area contributed by atoms with Crippen LogP contribution in [0.5, 0.6) is 0 Å². The molecule has 0 aliphatic carbocycles. The maximum atomic E-state index is 12.1. The van der Waals surface area contributed by atoms with Gasteiger partial charge in [0, 0.05) is 19.1 Å². The van der Waals surface area contributed by atoms with Gasteiger partial charge in [-0.2, -0.15) is 13.2 Å². The van der Waals surface area contributed by atoms with E-state index >= 15 is 0 Å². The molecule has 1 saturated heterocycles. The predicted molar refractivity (Wildman–Crippen MR) is 55.2 cm³/mol. The van der Waals surface area contributed by atoms with E-state index in [-0.39, 0.29) is 6.54 Å². The summed E-state index contributed by atoms with van der Waals surface area (Å²) in [5, 5.41) is 8.92. The Morgan fingerprint density at radius 2 is 2.12 bits per heavy atom. The zero-order valence-electron chi connectivity index (χ0n) is 9.67. The fourth-order valence-electron chi connectivity index (χ4n) is 2.04. The summed E-state index contributed by atoms with van der Waals surface area (Å²) in [7, 11) is 3.59. The van der Waals surface area contributed by atoms with E-state index in [1.54, 1.807) is 11.9 Å². The molecule has 0 bridgehead atoms. The highest BCUT2D eigenvalue weighted by molar-refractivity contribution is 4.80. The lowest BCUT2D eigenvalue weighted by molar-refractivity contribution is -0.207. The van der Waals surface area contributed by atoms with Gasteiger partial charge in [0.15, 0.2) is 6.10 Å². The van der Waals surface area contributed by atoms with Gasteiger partial charge in [0.2, 0.25) is 0 Å². The molecule has 1 fully saturated rings. The third-order valence-corrected chi connectivity index (χ3v) is 3.06. The van der Waals surface area contributed by atoms with Crippen LogP contribution in [0.2, 0.25) is 0 Å². The van der Waals surface area contributed by atoms with Gasteiger partial charge in [-0.1, -0.05) is 0 Å². The molecule has 0 radical (unpaired) electrons. The molecule has 0 saturated carbocycles. The summed E-state index contributed by atoms with van der Waals surface area (Å²) in [5.41, 5.74) is 0. The number of nitrogens with zero attached hydrogens (tertiary/aromatic N) is 2. The van der Waals surface area contributed by atoms with Gasteiger partial charge < -0.3 is 14.9 Å². The summed E-state index contributed by atoms with van der Waals surface area (Å²) in [4.78, 5) is 3.70. The first kappa shape index (κ1) is 13.7. The molecule has 1 aliphatic rings. The van der Waals surface area contributed by atoms with Crippen molar-refractivity contribution in [2.45, 2.75) is 31.2 Å². The second-order valence-electron chi connectivity index (χ2n) is 4.56. The van der Waals surface area contributed by atoms with E-state index < -0.39 is 12.3 Å². The summed E-state index contributed by atoms with van der Waals surface area (Å²) in [6, 6.07) is 0.311. The number of halogens is 3. The number of likely N-dealkylation sites (tertiary alicyclic amines) is 1. The lowest BCUT2D eigenvalue weighted by Crippen LogP contribution is -2.44. The van der Waals surface area contributed by atoms with Crippen molar-refractivity contribution in [2.75, 3.05) is 33.7 Å². The van der Waals surface area contributed by atoms with Gasteiger partial charge in [-0.15, -0.1) is 0 Å². The molecule has 6 heteroatoms. The first-order valence-electron chi connectivity index (χ1n) is 5.44. The van der Waals surface area contributed by atoms with Crippen molar-refractivity contribution in [3.05, 3.63) is 0 Å². The van der Waals surface area contributed by atoms with Crippen LogP contribution >= 0.6 is 0 Å². The number of aliphatic hydroxyl groups is 1. The Kier molecular flexibility index (Phi) is 4.58. The lowest BCUT2D eigenvalue weighted by atomic mass is 10.2. The highest BCUT2D eigenvalue weighted by atomic mass is 19.4. The third-order valence-electron chi connectivity index (χ3n) is 3.06. The number of hydrogen-bond donors (Lipinski definition) is 1. The molecule has 16 heavy (non-hydrogen) atoms. The standard InChI is InChI=1S/C10H19F3N2O/c1-14(7-9(16)10(11,12)13)6-8-4-3-5-15(8)2/h8-9,16H,3-7H2,1-2H3. The van der Waals surface area contributed by atoms with E-state index in [1.165, 1.54) is 0 Å². The summed E-state index contributed by atoms with van der Waals surface area (Å²) in [6.07, 6.45) is -4.65. The Morgan fingerprint density at radius 3 is 2.56 bits per heavy atom. The Labute approximate surface area is 93.8 Å². The highest BCUT2D eigenvalue weighted by Gasteiger charge is 2.39.